The Labute approximate surface area is 119 Å². The van der Waals surface area contributed by atoms with Crippen LogP contribution in [0.25, 0.3) is 0 Å². The van der Waals surface area contributed by atoms with Crippen molar-refractivity contribution in [3.05, 3.63) is 35.6 Å². The van der Waals surface area contributed by atoms with Crippen LogP contribution in [0.2, 0.25) is 0 Å². The second-order valence-corrected chi connectivity index (χ2v) is 7.27. The van der Waals surface area contributed by atoms with Gasteiger partial charge in [-0.2, -0.15) is 0 Å². The van der Waals surface area contributed by atoms with Crippen LogP contribution in [0.4, 0.5) is 8.78 Å². The van der Waals surface area contributed by atoms with E-state index in [0.717, 1.165) is 12.1 Å². The summed E-state index contributed by atoms with van der Waals surface area (Å²) in [7, 11) is 0. The number of rotatable bonds is 5. The fraction of sp³-hybridized carbons (Fsp3) is 0.462. The molecule has 3 atom stereocenters. The third-order valence-corrected chi connectivity index (χ3v) is 4.11. The van der Waals surface area contributed by atoms with Gasteiger partial charge >= 0.3 is 5.97 Å². The molecule has 0 bridgehead atoms. The minimum atomic E-state index is -2.33. The quantitative estimate of drug-likeness (QED) is 0.819. The molecule has 2 N–H and O–H groups in total. The number of aliphatic carboxylic acids is 1. The molecule has 0 amide bonds. The van der Waals surface area contributed by atoms with E-state index in [1.165, 1.54) is 12.1 Å². The molecule has 0 fully saturated rings. The molecule has 0 saturated heterocycles. The Morgan fingerprint density at radius 3 is 2.50 bits per heavy atom. The fourth-order valence-corrected chi connectivity index (χ4v) is 2.27. The molecule has 0 aliphatic heterocycles. The van der Waals surface area contributed by atoms with E-state index in [2.05, 4.69) is 4.72 Å². The zero-order valence-electron chi connectivity index (χ0n) is 11.4. The molecular weight excluding hydrogens is 288 g/mol. The van der Waals surface area contributed by atoms with Crippen molar-refractivity contribution in [3.8, 4) is 0 Å². The van der Waals surface area contributed by atoms with E-state index >= 15 is 0 Å². The van der Waals surface area contributed by atoms with Crippen molar-refractivity contribution in [2.24, 2.45) is 0 Å². The monoisotopic (exact) mass is 305 g/mol. The van der Waals surface area contributed by atoms with Gasteiger partial charge in [0.2, 0.25) is 6.17 Å². The fourth-order valence-electron chi connectivity index (χ4n) is 1.43. The van der Waals surface area contributed by atoms with Gasteiger partial charge in [0.05, 0.1) is 0 Å². The first-order valence-corrected chi connectivity index (χ1v) is 7.08. The van der Waals surface area contributed by atoms with E-state index in [-0.39, 0.29) is 5.56 Å². The van der Waals surface area contributed by atoms with Crippen LogP contribution in [0, 0.1) is 5.82 Å². The predicted octanol–water partition coefficient (Wildman–Crippen LogP) is 2.34. The molecule has 0 spiro atoms. The Hall–Kier alpha value is -1.18. The molecule has 4 nitrogen and oxygen atoms in total. The summed E-state index contributed by atoms with van der Waals surface area (Å²) >= 11 is -1.69. The van der Waals surface area contributed by atoms with Crippen LogP contribution in [0.5, 0.6) is 0 Å². The molecular formula is C13H17F2NO3S. The largest absolute Gasteiger partial charge is 0.598 e. The number of alkyl halides is 1. The minimum absolute atomic E-state index is 0.0949. The van der Waals surface area contributed by atoms with Gasteiger partial charge in [0.1, 0.15) is 16.6 Å². The van der Waals surface area contributed by atoms with E-state index in [0.29, 0.717) is 0 Å². The SMILES string of the molecule is CC(C)(C)[S@@+]([O-])N[C@@H](c1cccc(F)c1)[C@@H](F)C(=O)O. The molecule has 1 rings (SSSR count). The number of carboxylic acid groups (broad SMARTS) is 1. The molecule has 0 saturated carbocycles. The molecule has 0 aliphatic rings. The van der Waals surface area contributed by atoms with Gasteiger partial charge in [-0.1, -0.05) is 12.1 Å². The molecule has 0 aromatic heterocycles. The van der Waals surface area contributed by atoms with Crippen molar-refractivity contribution in [2.45, 2.75) is 37.7 Å². The van der Waals surface area contributed by atoms with Gasteiger partial charge in [0.25, 0.3) is 0 Å². The van der Waals surface area contributed by atoms with Crippen LogP contribution in [-0.2, 0) is 16.2 Å². The smallest absolute Gasteiger partial charge is 0.340 e. The van der Waals surface area contributed by atoms with Crippen molar-refractivity contribution in [1.82, 2.24) is 4.72 Å². The average Bonchev–Trinajstić information content (AvgIpc) is 2.33. The van der Waals surface area contributed by atoms with Crippen LogP contribution >= 0.6 is 0 Å². The van der Waals surface area contributed by atoms with Gasteiger partial charge < -0.3 is 9.66 Å². The zero-order valence-corrected chi connectivity index (χ0v) is 12.2. The summed E-state index contributed by atoms with van der Waals surface area (Å²) in [5.74, 6) is -2.31. The van der Waals surface area contributed by atoms with E-state index in [1.807, 2.05) is 0 Å². The predicted molar refractivity (Wildman–Crippen MR) is 72.7 cm³/mol. The first-order valence-electron chi connectivity index (χ1n) is 5.93. The van der Waals surface area contributed by atoms with Crippen LogP contribution in [-0.4, -0.2) is 26.5 Å². The lowest BCUT2D eigenvalue weighted by Gasteiger charge is -2.28. The van der Waals surface area contributed by atoms with Crippen LogP contribution in [0.3, 0.4) is 0 Å². The third-order valence-electron chi connectivity index (χ3n) is 2.53. The Balaban J connectivity index is 3.06. The minimum Gasteiger partial charge on any atom is -0.598 e. The summed E-state index contributed by atoms with van der Waals surface area (Å²) in [4.78, 5) is 10.8. The van der Waals surface area contributed by atoms with Gasteiger partial charge in [0, 0.05) is 11.4 Å². The Morgan fingerprint density at radius 1 is 1.45 bits per heavy atom. The summed E-state index contributed by atoms with van der Waals surface area (Å²) in [5.41, 5.74) is 0.0949. The zero-order chi connectivity index (χ0) is 15.5. The molecule has 0 heterocycles. The van der Waals surface area contributed by atoms with Gasteiger partial charge in [-0.3, -0.25) is 0 Å². The lowest BCUT2D eigenvalue weighted by Crippen LogP contribution is -2.45. The molecule has 0 radical (unpaired) electrons. The number of carboxylic acids is 1. The molecule has 112 valence electrons. The van der Waals surface area contributed by atoms with Gasteiger partial charge in [-0.05, 0) is 38.5 Å². The maximum atomic E-state index is 13.8. The third kappa shape index (κ3) is 4.43. The highest BCUT2D eigenvalue weighted by molar-refractivity contribution is 7.90. The normalized spacial score (nSPS) is 16.5. The highest BCUT2D eigenvalue weighted by atomic mass is 32.2. The lowest BCUT2D eigenvalue weighted by atomic mass is 10.0. The second kappa shape index (κ2) is 6.51. The van der Waals surface area contributed by atoms with E-state index in [9.17, 15) is 18.1 Å². The summed E-state index contributed by atoms with van der Waals surface area (Å²) in [6.07, 6.45) is -2.33. The number of hydrogen-bond acceptors (Lipinski definition) is 3. The Kier molecular flexibility index (Phi) is 5.50. The summed E-state index contributed by atoms with van der Waals surface area (Å²) in [6.45, 7) is 4.98. The topological polar surface area (TPSA) is 72.4 Å². The molecule has 20 heavy (non-hydrogen) atoms. The van der Waals surface area contributed by atoms with Crippen molar-refractivity contribution in [1.29, 1.82) is 0 Å². The first-order chi connectivity index (χ1) is 9.12. The highest BCUT2D eigenvalue weighted by Gasteiger charge is 2.37. The first kappa shape index (κ1) is 16.9. The number of carbonyl (C=O) groups is 1. The Morgan fingerprint density at radius 2 is 2.05 bits per heavy atom. The Bertz CT molecular complexity index is 479. The van der Waals surface area contributed by atoms with Gasteiger partial charge in [-0.15, -0.1) is 4.72 Å². The number of nitrogens with one attached hydrogen (secondary N) is 1. The summed E-state index contributed by atoms with van der Waals surface area (Å²) in [5, 5.41) is 8.79. The maximum Gasteiger partial charge on any atom is 0.340 e. The van der Waals surface area contributed by atoms with E-state index in [4.69, 9.17) is 5.11 Å². The van der Waals surface area contributed by atoms with Crippen molar-refractivity contribution in [3.63, 3.8) is 0 Å². The van der Waals surface area contributed by atoms with E-state index in [1.54, 1.807) is 20.8 Å². The number of benzene rings is 1. The van der Waals surface area contributed by atoms with Crippen molar-refractivity contribution >= 4 is 17.3 Å². The van der Waals surface area contributed by atoms with Crippen molar-refractivity contribution < 1.29 is 23.2 Å². The van der Waals surface area contributed by atoms with Crippen LogP contribution in [0.15, 0.2) is 24.3 Å². The van der Waals surface area contributed by atoms with E-state index < -0.39 is 40.1 Å². The van der Waals surface area contributed by atoms with Crippen LogP contribution < -0.4 is 4.72 Å². The molecule has 1 aromatic rings. The van der Waals surface area contributed by atoms with Gasteiger partial charge in [-0.25, -0.2) is 13.6 Å². The molecule has 0 unspecified atom stereocenters. The summed E-state index contributed by atoms with van der Waals surface area (Å²) in [6, 6.07) is 3.52. The lowest BCUT2D eigenvalue weighted by molar-refractivity contribution is -0.143. The molecule has 0 aliphatic carbocycles. The number of halogens is 2. The van der Waals surface area contributed by atoms with Crippen LogP contribution in [0.1, 0.15) is 32.4 Å². The number of hydrogen-bond donors (Lipinski definition) is 2. The molecule has 7 heteroatoms. The summed E-state index contributed by atoms with van der Waals surface area (Å²) < 4.78 is 40.8. The standard InChI is InChI=1S/C13H17F2NO3S/c1-13(2,3)20(19)16-11(10(15)12(17)18)8-5-4-6-9(14)7-8/h4-7,10-11,16H,1-3H3,(H,17,18)/t10-,11+,20-/m1/s1. The molecule has 1 aromatic carbocycles. The van der Waals surface area contributed by atoms with Gasteiger partial charge in [0.15, 0.2) is 0 Å². The maximum absolute atomic E-state index is 13.8. The van der Waals surface area contributed by atoms with Crippen molar-refractivity contribution in [2.75, 3.05) is 0 Å². The average molecular weight is 305 g/mol. The highest BCUT2D eigenvalue weighted by Crippen LogP contribution is 2.25. The second-order valence-electron chi connectivity index (χ2n) is 5.27.